The summed E-state index contributed by atoms with van der Waals surface area (Å²) >= 11 is 0. The number of carbonyl (C=O) groups is 4. The molecule has 2 saturated heterocycles. The minimum absolute atomic E-state index is 0.0206. The van der Waals surface area contributed by atoms with Crippen molar-refractivity contribution in [2.75, 3.05) is 24.5 Å². The molecule has 3 rings (SSSR count). The van der Waals surface area contributed by atoms with Gasteiger partial charge in [-0.2, -0.15) is 0 Å². The number of nitrogens with one attached hydrogen (secondary N) is 1. The lowest BCUT2D eigenvalue weighted by molar-refractivity contribution is -0.128. The highest BCUT2D eigenvalue weighted by atomic mass is 16.4. The van der Waals surface area contributed by atoms with Crippen LogP contribution >= 0.6 is 0 Å². The third-order valence-corrected chi connectivity index (χ3v) is 4.00. The van der Waals surface area contributed by atoms with Gasteiger partial charge in [0.15, 0.2) is 0 Å². The second-order valence-corrected chi connectivity index (χ2v) is 5.46. The molecule has 0 saturated carbocycles. The number of nitrogens with zero attached hydrogens (tertiary/aromatic N) is 2. The van der Waals surface area contributed by atoms with Gasteiger partial charge in [-0.25, -0.2) is 9.69 Å². The zero-order valence-corrected chi connectivity index (χ0v) is 12.2. The smallest absolute Gasteiger partial charge is 0.335 e. The topological polar surface area (TPSA) is 107 Å². The SMILES string of the molecule is O=C1CN([C@@H]2CC(=O)N(c3ccc(C(=O)O)cc3)C2=O)CCN1. The van der Waals surface area contributed by atoms with Crippen molar-refractivity contribution in [2.24, 2.45) is 0 Å². The molecule has 2 aliphatic heterocycles. The van der Waals surface area contributed by atoms with Crippen LogP contribution in [0.2, 0.25) is 0 Å². The van der Waals surface area contributed by atoms with Crippen LogP contribution in [0.15, 0.2) is 24.3 Å². The van der Waals surface area contributed by atoms with Gasteiger partial charge in [-0.05, 0) is 24.3 Å². The number of aromatic carboxylic acids is 1. The Bertz CT molecular complexity index is 685. The molecule has 23 heavy (non-hydrogen) atoms. The summed E-state index contributed by atoms with van der Waals surface area (Å²) < 4.78 is 0. The average Bonchev–Trinajstić information content (AvgIpc) is 2.82. The maximum absolute atomic E-state index is 12.6. The Labute approximate surface area is 131 Å². The van der Waals surface area contributed by atoms with E-state index in [1.807, 2.05) is 0 Å². The maximum atomic E-state index is 12.6. The van der Waals surface area contributed by atoms with E-state index in [0.717, 1.165) is 4.90 Å². The van der Waals surface area contributed by atoms with Crippen molar-refractivity contribution in [2.45, 2.75) is 12.5 Å². The van der Waals surface area contributed by atoms with Crippen molar-refractivity contribution in [1.82, 2.24) is 10.2 Å². The Morgan fingerprint density at radius 3 is 2.48 bits per heavy atom. The van der Waals surface area contributed by atoms with E-state index in [1.54, 1.807) is 4.90 Å². The molecule has 0 bridgehead atoms. The molecule has 2 fully saturated rings. The summed E-state index contributed by atoms with van der Waals surface area (Å²) in [5, 5.41) is 11.6. The molecule has 0 aliphatic carbocycles. The van der Waals surface area contributed by atoms with Gasteiger partial charge in [0.25, 0.3) is 5.91 Å². The normalized spacial score (nSPS) is 22.3. The first-order valence-electron chi connectivity index (χ1n) is 7.18. The summed E-state index contributed by atoms with van der Waals surface area (Å²) in [4.78, 5) is 49.8. The highest BCUT2D eigenvalue weighted by Gasteiger charge is 2.43. The van der Waals surface area contributed by atoms with E-state index in [0.29, 0.717) is 18.8 Å². The van der Waals surface area contributed by atoms with Crippen molar-refractivity contribution in [1.29, 1.82) is 0 Å². The van der Waals surface area contributed by atoms with Crippen LogP contribution < -0.4 is 10.2 Å². The van der Waals surface area contributed by atoms with Crippen LogP contribution in [-0.4, -0.2) is 59.4 Å². The molecule has 0 spiro atoms. The summed E-state index contributed by atoms with van der Waals surface area (Å²) in [6.45, 7) is 1.06. The molecule has 2 aliphatic rings. The van der Waals surface area contributed by atoms with Crippen molar-refractivity contribution in [3.05, 3.63) is 29.8 Å². The van der Waals surface area contributed by atoms with Crippen LogP contribution in [-0.2, 0) is 14.4 Å². The number of imide groups is 1. The van der Waals surface area contributed by atoms with E-state index >= 15 is 0 Å². The first kappa shape index (κ1) is 15.2. The fourth-order valence-electron chi connectivity index (χ4n) is 2.85. The third-order valence-electron chi connectivity index (χ3n) is 4.00. The first-order valence-corrected chi connectivity index (χ1v) is 7.18. The largest absolute Gasteiger partial charge is 0.478 e. The van der Waals surface area contributed by atoms with E-state index < -0.39 is 12.0 Å². The van der Waals surface area contributed by atoms with Crippen LogP contribution in [0.1, 0.15) is 16.8 Å². The van der Waals surface area contributed by atoms with Crippen LogP contribution in [0.3, 0.4) is 0 Å². The van der Waals surface area contributed by atoms with Gasteiger partial charge in [-0.15, -0.1) is 0 Å². The minimum Gasteiger partial charge on any atom is -0.478 e. The fraction of sp³-hybridized carbons (Fsp3) is 0.333. The summed E-state index contributed by atoms with van der Waals surface area (Å²) in [6, 6.07) is 4.92. The van der Waals surface area contributed by atoms with Gasteiger partial charge < -0.3 is 10.4 Å². The number of anilines is 1. The molecule has 0 radical (unpaired) electrons. The van der Waals surface area contributed by atoms with Gasteiger partial charge in [-0.1, -0.05) is 0 Å². The van der Waals surface area contributed by atoms with Crippen LogP contribution in [0.25, 0.3) is 0 Å². The number of hydrogen-bond donors (Lipinski definition) is 2. The van der Waals surface area contributed by atoms with E-state index in [2.05, 4.69) is 5.32 Å². The molecule has 1 aromatic carbocycles. The number of hydrogen-bond acceptors (Lipinski definition) is 5. The van der Waals surface area contributed by atoms with E-state index in [1.165, 1.54) is 24.3 Å². The molecule has 2 N–H and O–H groups in total. The van der Waals surface area contributed by atoms with Crippen LogP contribution in [0.4, 0.5) is 5.69 Å². The van der Waals surface area contributed by atoms with E-state index in [9.17, 15) is 19.2 Å². The molecule has 120 valence electrons. The van der Waals surface area contributed by atoms with E-state index in [-0.39, 0.29) is 36.3 Å². The monoisotopic (exact) mass is 317 g/mol. The quantitative estimate of drug-likeness (QED) is 0.724. The van der Waals surface area contributed by atoms with E-state index in [4.69, 9.17) is 5.11 Å². The standard InChI is InChI=1S/C15H15N3O5/c19-12-8-17(6-5-16-12)11-7-13(20)18(14(11)21)10-3-1-9(2-4-10)15(22)23/h1-4,11H,5-8H2,(H,16,19)(H,22,23)/t11-/m1/s1. The predicted octanol–water partition coefficient (Wildman–Crippen LogP) is -0.551. The molecule has 1 atom stereocenters. The highest BCUT2D eigenvalue weighted by Crippen LogP contribution is 2.26. The molecule has 0 aromatic heterocycles. The van der Waals surface area contributed by atoms with Crippen molar-refractivity contribution in [3.63, 3.8) is 0 Å². The maximum Gasteiger partial charge on any atom is 0.335 e. The van der Waals surface area contributed by atoms with Gasteiger partial charge in [0.1, 0.15) is 0 Å². The zero-order valence-electron chi connectivity index (χ0n) is 12.2. The number of carbonyl (C=O) groups excluding carboxylic acids is 3. The predicted molar refractivity (Wildman–Crippen MR) is 78.9 cm³/mol. The third kappa shape index (κ3) is 2.80. The lowest BCUT2D eigenvalue weighted by Gasteiger charge is -2.30. The van der Waals surface area contributed by atoms with Gasteiger partial charge in [0, 0.05) is 13.1 Å². The number of benzene rings is 1. The molecular weight excluding hydrogens is 302 g/mol. The number of piperazine rings is 1. The Balaban J connectivity index is 1.81. The van der Waals surface area contributed by atoms with Gasteiger partial charge in [-0.3, -0.25) is 19.3 Å². The van der Waals surface area contributed by atoms with Crippen molar-refractivity contribution in [3.8, 4) is 0 Å². The molecule has 8 nitrogen and oxygen atoms in total. The van der Waals surface area contributed by atoms with Gasteiger partial charge in [0.05, 0.1) is 30.3 Å². The zero-order chi connectivity index (χ0) is 16.6. The van der Waals surface area contributed by atoms with Crippen LogP contribution in [0, 0.1) is 0 Å². The number of carboxylic acid groups (broad SMARTS) is 1. The second kappa shape index (κ2) is 5.81. The Morgan fingerprint density at radius 2 is 1.87 bits per heavy atom. The molecular formula is C15H15N3O5. The lowest BCUT2D eigenvalue weighted by atomic mass is 10.2. The number of rotatable bonds is 3. The van der Waals surface area contributed by atoms with Crippen molar-refractivity contribution >= 4 is 29.4 Å². The second-order valence-electron chi connectivity index (χ2n) is 5.46. The van der Waals surface area contributed by atoms with Crippen molar-refractivity contribution < 1.29 is 24.3 Å². The Kier molecular flexibility index (Phi) is 3.83. The molecule has 8 heteroatoms. The first-order chi connectivity index (χ1) is 11.0. The van der Waals surface area contributed by atoms with Crippen LogP contribution in [0.5, 0.6) is 0 Å². The summed E-state index contributed by atoms with van der Waals surface area (Å²) in [5.74, 6) is -1.98. The number of carboxylic acids is 1. The minimum atomic E-state index is -1.08. The summed E-state index contributed by atoms with van der Waals surface area (Å²) in [6.07, 6.45) is 0.0206. The average molecular weight is 317 g/mol. The molecule has 1 aromatic rings. The van der Waals surface area contributed by atoms with Gasteiger partial charge >= 0.3 is 5.97 Å². The Hall–Kier alpha value is -2.74. The Morgan fingerprint density at radius 1 is 1.17 bits per heavy atom. The summed E-state index contributed by atoms with van der Waals surface area (Å²) in [7, 11) is 0. The highest BCUT2D eigenvalue weighted by molar-refractivity contribution is 6.22. The fourth-order valence-corrected chi connectivity index (χ4v) is 2.85. The lowest BCUT2D eigenvalue weighted by Crippen LogP contribution is -2.53. The molecule has 3 amide bonds. The van der Waals surface area contributed by atoms with Gasteiger partial charge in [0.2, 0.25) is 11.8 Å². The summed E-state index contributed by atoms with van der Waals surface area (Å²) in [5.41, 5.74) is 0.422. The number of amides is 3. The molecule has 0 unspecified atom stereocenters. The molecule has 2 heterocycles.